The quantitative estimate of drug-likeness (QED) is 0.200. The van der Waals surface area contributed by atoms with Crippen molar-refractivity contribution in [2.24, 2.45) is 0 Å². The van der Waals surface area contributed by atoms with E-state index in [2.05, 4.69) is 133 Å². The van der Waals surface area contributed by atoms with E-state index >= 15 is 0 Å². The molecule has 2 heteroatoms. The number of para-hydroxylation sites is 2. The maximum atomic E-state index is 7.02. The van der Waals surface area contributed by atoms with Gasteiger partial charge in [0.25, 0.3) is 0 Å². The van der Waals surface area contributed by atoms with E-state index in [0.717, 1.165) is 85.2 Å². The standard InChI is InChI=1S/C44H28O2/c1-3-13-29(14-4-1)31-17-11-18-33(27-31)42-38-20-7-8-21-39(38)44(46-42)40-28-32(25-26-34(40)30-15-5-2-6-16-30)35-22-12-23-37-36-19-9-10-24-41(36)45-43(35)37/h1-5,7,9-15,17-20,22-28H,8,21H2. The Kier molecular flexibility index (Phi) is 6.21. The molecule has 0 N–H and O–H groups in total. The van der Waals surface area contributed by atoms with Crippen molar-refractivity contribution < 1.29 is 8.83 Å². The lowest BCUT2D eigenvalue weighted by atomic mass is 9.89. The molecule has 0 radical (unpaired) electrons. The summed E-state index contributed by atoms with van der Waals surface area (Å²) in [4.78, 5) is 0. The molecule has 1 aliphatic carbocycles. The van der Waals surface area contributed by atoms with Crippen LogP contribution in [0.3, 0.4) is 0 Å². The van der Waals surface area contributed by atoms with E-state index in [9.17, 15) is 0 Å². The molecule has 0 amide bonds. The largest absolute Gasteiger partial charge is 0.455 e. The summed E-state index contributed by atoms with van der Waals surface area (Å²) in [5, 5.41) is 2.24. The fraction of sp³-hybridized carbons (Fsp3) is 0.0455. The molecule has 2 heterocycles. The van der Waals surface area contributed by atoms with Crippen LogP contribution in [0.25, 0.3) is 84.0 Å². The molecule has 0 aliphatic heterocycles. The van der Waals surface area contributed by atoms with Crippen molar-refractivity contribution in [2.75, 3.05) is 0 Å². The fourth-order valence-electron chi connectivity index (χ4n) is 6.85. The minimum absolute atomic E-state index is 0.893. The number of furan rings is 2. The molecule has 6 aromatic carbocycles. The molecule has 2 aromatic heterocycles. The SMILES string of the molecule is c1cccc(-c2ccc(-c3cccc4c3oc3ccccc34)cc2-c2oc(-c3cccc(-c4ccccc4)c3)c3c2CCC=C3)c#1. The molecule has 9 rings (SSSR count). The van der Waals surface area contributed by atoms with Gasteiger partial charge in [-0.1, -0.05) is 127 Å². The summed E-state index contributed by atoms with van der Waals surface area (Å²) in [6.07, 6.45) is 6.38. The molecule has 0 unspecified atom stereocenters. The first kappa shape index (κ1) is 26.4. The van der Waals surface area contributed by atoms with Crippen LogP contribution in [-0.4, -0.2) is 0 Å². The van der Waals surface area contributed by atoms with E-state index < -0.39 is 0 Å². The van der Waals surface area contributed by atoms with Gasteiger partial charge < -0.3 is 8.83 Å². The van der Waals surface area contributed by atoms with Crippen molar-refractivity contribution in [3.63, 3.8) is 0 Å². The summed E-state index contributed by atoms with van der Waals surface area (Å²) in [5.74, 6) is 1.81. The van der Waals surface area contributed by atoms with Crippen molar-refractivity contribution >= 4 is 28.0 Å². The summed E-state index contributed by atoms with van der Waals surface area (Å²) in [6.45, 7) is 0. The zero-order valence-corrected chi connectivity index (χ0v) is 25.1. The summed E-state index contributed by atoms with van der Waals surface area (Å²) >= 11 is 0. The van der Waals surface area contributed by atoms with Crippen LogP contribution in [0.5, 0.6) is 0 Å². The van der Waals surface area contributed by atoms with Crippen LogP contribution in [0.4, 0.5) is 0 Å². The Labute approximate surface area is 267 Å². The second-order valence-corrected chi connectivity index (χ2v) is 11.8. The fourth-order valence-corrected chi connectivity index (χ4v) is 6.85. The van der Waals surface area contributed by atoms with Crippen molar-refractivity contribution in [2.45, 2.75) is 12.8 Å². The molecule has 0 atom stereocenters. The van der Waals surface area contributed by atoms with Crippen LogP contribution in [0.2, 0.25) is 0 Å². The number of allylic oxidation sites excluding steroid dienone is 1. The Morgan fingerprint density at radius 2 is 1.37 bits per heavy atom. The minimum Gasteiger partial charge on any atom is -0.455 e. The highest BCUT2D eigenvalue weighted by molar-refractivity contribution is 6.09. The number of hydrogen-bond donors (Lipinski definition) is 0. The average molecular weight is 589 g/mol. The lowest BCUT2D eigenvalue weighted by molar-refractivity contribution is 0.594. The molecule has 0 saturated carbocycles. The molecular weight excluding hydrogens is 560 g/mol. The van der Waals surface area contributed by atoms with Gasteiger partial charge in [-0.15, -0.1) is 0 Å². The third kappa shape index (κ3) is 4.37. The topological polar surface area (TPSA) is 26.3 Å². The number of fused-ring (bicyclic) bond motifs is 4. The first-order valence-corrected chi connectivity index (χ1v) is 15.7. The monoisotopic (exact) mass is 588 g/mol. The Balaban J connectivity index is 1.26. The smallest absolute Gasteiger partial charge is 0.143 e. The molecule has 8 aromatic rings. The molecule has 0 bridgehead atoms. The van der Waals surface area contributed by atoms with Gasteiger partial charge in [-0.3, -0.25) is 0 Å². The van der Waals surface area contributed by atoms with Crippen LogP contribution in [0.1, 0.15) is 17.5 Å². The molecule has 216 valence electrons. The van der Waals surface area contributed by atoms with E-state index in [-0.39, 0.29) is 0 Å². The van der Waals surface area contributed by atoms with Gasteiger partial charge in [0.2, 0.25) is 0 Å². The highest BCUT2D eigenvalue weighted by Gasteiger charge is 2.25. The summed E-state index contributed by atoms with van der Waals surface area (Å²) < 4.78 is 13.5. The Morgan fingerprint density at radius 3 is 2.28 bits per heavy atom. The van der Waals surface area contributed by atoms with E-state index in [1.165, 1.54) is 16.7 Å². The van der Waals surface area contributed by atoms with Crippen LogP contribution in [0.15, 0.2) is 148 Å². The predicted molar refractivity (Wildman–Crippen MR) is 188 cm³/mol. The lowest BCUT2D eigenvalue weighted by Gasteiger charge is -2.13. The van der Waals surface area contributed by atoms with Crippen LogP contribution < -0.4 is 0 Å². The van der Waals surface area contributed by atoms with Gasteiger partial charge in [0.05, 0.1) is 0 Å². The summed E-state index contributed by atoms with van der Waals surface area (Å²) in [5.41, 5.74) is 12.8. The van der Waals surface area contributed by atoms with Crippen LogP contribution >= 0.6 is 0 Å². The van der Waals surface area contributed by atoms with Crippen molar-refractivity contribution in [1.82, 2.24) is 0 Å². The summed E-state index contributed by atoms with van der Waals surface area (Å²) in [7, 11) is 0. The molecule has 46 heavy (non-hydrogen) atoms. The Bertz CT molecular complexity index is 2400. The van der Waals surface area contributed by atoms with Gasteiger partial charge in [-0.2, -0.15) is 0 Å². The van der Waals surface area contributed by atoms with Crippen molar-refractivity contribution in [3.8, 4) is 56.0 Å². The van der Waals surface area contributed by atoms with E-state index in [0.29, 0.717) is 0 Å². The lowest BCUT2D eigenvalue weighted by Crippen LogP contribution is -1.94. The van der Waals surface area contributed by atoms with Crippen molar-refractivity contribution in [3.05, 3.63) is 163 Å². The predicted octanol–water partition coefficient (Wildman–Crippen LogP) is 12.1. The van der Waals surface area contributed by atoms with Gasteiger partial charge in [0.1, 0.15) is 22.7 Å². The van der Waals surface area contributed by atoms with Gasteiger partial charge in [0, 0.05) is 49.7 Å². The normalized spacial score (nSPS) is 12.3. The molecule has 0 spiro atoms. The second kappa shape index (κ2) is 10.8. The molecule has 0 saturated heterocycles. The number of benzene rings is 5. The molecule has 0 fully saturated rings. The highest BCUT2D eigenvalue weighted by atomic mass is 16.3. The van der Waals surface area contributed by atoms with Crippen LogP contribution in [-0.2, 0) is 6.42 Å². The van der Waals surface area contributed by atoms with E-state index in [1.54, 1.807) is 0 Å². The number of hydrogen-bond acceptors (Lipinski definition) is 2. The third-order valence-corrected chi connectivity index (χ3v) is 9.04. The first-order chi connectivity index (χ1) is 22.8. The van der Waals surface area contributed by atoms with Crippen LogP contribution in [0, 0.1) is 12.1 Å². The summed E-state index contributed by atoms with van der Waals surface area (Å²) in [6, 6.07) is 52.9. The molecule has 1 aliphatic rings. The van der Waals surface area contributed by atoms with E-state index in [1.807, 2.05) is 24.3 Å². The minimum atomic E-state index is 0.893. The second-order valence-electron chi connectivity index (χ2n) is 11.8. The molecular formula is C44H28O2. The zero-order chi connectivity index (χ0) is 30.5. The molecule has 2 nitrogen and oxygen atoms in total. The van der Waals surface area contributed by atoms with Gasteiger partial charge in [0.15, 0.2) is 0 Å². The van der Waals surface area contributed by atoms with Gasteiger partial charge in [-0.05, 0) is 59.9 Å². The maximum Gasteiger partial charge on any atom is 0.143 e. The highest BCUT2D eigenvalue weighted by Crippen LogP contribution is 2.46. The first-order valence-electron chi connectivity index (χ1n) is 15.7. The number of rotatable bonds is 5. The maximum absolute atomic E-state index is 7.02. The zero-order valence-electron chi connectivity index (χ0n) is 25.1. The van der Waals surface area contributed by atoms with Gasteiger partial charge >= 0.3 is 0 Å². The van der Waals surface area contributed by atoms with Gasteiger partial charge in [-0.25, -0.2) is 0 Å². The Hall–Kier alpha value is -6.04. The van der Waals surface area contributed by atoms with E-state index in [4.69, 9.17) is 8.83 Å². The Morgan fingerprint density at radius 1 is 0.543 bits per heavy atom. The average Bonchev–Trinajstić information content (AvgIpc) is 3.71. The van der Waals surface area contributed by atoms with Crippen molar-refractivity contribution in [1.29, 1.82) is 0 Å². The third-order valence-electron chi connectivity index (χ3n) is 9.04.